The van der Waals surface area contributed by atoms with Gasteiger partial charge in [-0.2, -0.15) is 0 Å². The van der Waals surface area contributed by atoms with Crippen LogP contribution in [-0.2, 0) is 0 Å². The van der Waals surface area contributed by atoms with Gasteiger partial charge in [-0.25, -0.2) is 4.39 Å². The quantitative estimate of drug-likeness (QED) is 0.886. The van der Waals surface area contributed by atoms with Crippen molar-refractivity contribution in [3.05, 3.63) is 30.2 Å². The molecule has 1 aliphatic heterocycles. The summed E-state index contributed by atoms with van der Waals surface area (Å²) in [7, 11) is 0. The second-order valence-electron chi connectivity index (χ2n) is 4.46. The predicted octanol–water partition coefficient (Wildman–Crippen LogP) is 2.66. The second kappa shape index (κ2) is 4.33. The van der Waals surface area contributed by atoms with Crippen LogP contribution in [0.25, 0.3) is 11.1 Å². The Morgan fingerprint density at radius 2 is 2.06 bits per heavy atom. The normalized spacial score (nSPS) is 15.3. The first-order valence-electron chi connectivity index (χ1n) is 6.01. The molecule has 0 bridgehead atoms. The minimum atomic E-state index is -0.227. The average Bonchev–Trinajstić information content (AvgIpc) is 2.99. The SMILES string of the molecule is Nc1oncc1-c1ccc(N2CCCC2)c(F)c1. The van der Waals surface area contributed by atoms with Crippen molar-refractivity contribution < 1.29 is 8.91 Å². The van der Waals surface area contributed by atoms with E-state index in [-0.39, 0.29) is 11.7 Å². The van der Waals surface area contributed by atoms with Gasteiger partial charge in [-0.05, 0) is 30.5 Å². The third kappa shape index (κ3) is 1.81. The van der Waals surface area contributed by atoms with Gasteiger partial charge >= 0.3 is 0 Å². The van der Waals surface area contributed by atoms with Gasteiger partial charge in [-0.3, -0.25) is 0 Å². The fraction of sp³-hybridized carbons (Fsp3) is 0.308. The van der Waals surface area contributed by atoms with Crippen LogP contribution in [0, 0.1) is 5.82 Å². The number of halogens is 1. The lowest BCUT2D eigenvalue weighted by molar-refractivity contribution is 0.436. The zero-order valence-electron chi connectivity index (χ0n) is 9.90. The van der Waals surface area contributed by atoms with Gasteiger partial charge in [-0.15, -0.1) is 0 Å². The van der Waals surface area contributed by atoms with Crippen LogP contribution in [0.1, 0.15) is 12.8 Å². The summed E-state index contributed by atoms with van der Waals surface area (Å²) < 4.78 is 18.9. The van der Waals surface area contributed by atoms with Gasteiger partial charge in [0.05, 0.1) is 17.4 Å². The third-order valence-electron chi connectivity index (χ3n) is 3.30. The summed E-state index contributed by atoms with van der Waals surface area (Å²) in [6.45, 7) is 1.84. The molecule has 0 saturated carbocycles. The van der Waals surface area contributed by atoms with Gasteiger partial charge in [0, 0.05) is 13.1 Å². The molecule has 0 atom stereocenters. The summed E-state index contributed by atoms with van der Waals surface area (Å²) in [5, 5.41) is 3.59. The Kier molecular flexibility index (Phi) is 2.66. The minimum absolute atomic E-state index is 0.211. The van der Waals surface area contributed by atoms with Gasteiger partial charge in [0.1, 0.15) is 5.82 Å². The molecule has 1 aliphatic rings. The molecule has 1 aromatic heterocycles. The van der Waals surface area contributed by atoms with E-state index in [0.717, 1.165) is 25.9 Å². The summed E-state index contributed by atoms with van der Waals surface area (Å²) in [6.07, 6.45) is 3.75. The molecule has 1 saturated heterocycles. The highest BCUT2D eigenvalue weighted by molar-refractivity contribution is 5.73. The lowest BCUT2D eigenvalue weighted by atomic mass is 10.1. The molecule has 5 heteroatoms. The van der Waals surface area contributed by atoms with Crippen LogP contribution in [-0.4, -0.2) is 18.2 Å². The van der Waals surface area contributed by atoms with Gasteiger partial charge < -0.3 is 15.2 Å². The zero-order valence-corrected chi connectivity index (χ0v) is 9.90. The van der Waals surface area contributed by atoms with E-state index < -0.39 is 0 Å². The highest BCUT2D eigenvalue weighted by Crippen LogP contribution is 2.30. The molecule has 2 heterocycles. The Morgan fingerprint density at radius 1 is 1.28 bits per heavy atom. The predicted molar refractivity (Wildman–Crippen MR) is 67.8 cm³/mol. The van der Waals surface area contributed by atoms with Crippen molar-refractivity contribution >= 4 is 11.6 Å². The van der Waals surface area contributed by atoms with E-state index in [9.17, 15) is 4.39 Å². The van der Waals surface area contributed by atoms with Crippen molar-refractivity contribution in [2.45, 2.75) is 12.8 Å². The molecule has 3 rings (SSSR count). The van der Waals surface area contributed by atoms with Gasteiger partial charge in [0.15, 0.2) is 0 Å². The van der Waals surface area contributed by atoms with Gasteiger partial charge in [0.25, 0.3) is 0 Å². The van der Waals surface area contributed by atoms with Crippen LogP contribution in [0.3, 0.4) is 0 Å². The minimum Gasteiger partial charge on any atom is -0.369 e. The zero-order chi connectivity index (χ0) is 12.5. The Balaban J connectivity index is 1.96. The molecular formula is C13H14FN3O. The lowest BCUT2D eigenvalue weighted by Gasteiger charge is -2.18. The van der Waals surface area contributed by atoms with Crippen LogP contribution in [0.2, 0.25) is 0 Å². The van der Waals surface area contributed by atoms with E-state index in [0.29, 0.717) is 16.8 Å². The Hall–Kier alpha value is -2.04. The number of hydrogen-bond acceptors (Lipinski definition) is 4. The number of nitrogens with two attached hydrogens (primary N) is 1. The van der Waals surface area contributed by atoms with E-state index >= 15 is 0 Å². The Bertz CT molecular complexity index is 561. The number of aromatic nitrogens is 1. The fourth-order valence-electron chi connectivity index (χ4n) is 2.35. The van der Waals surface area contributed by atoms with Gasteiger partial charge in [-0.1, -0.05) is 11.2 Å². The molecule has 2 aromatic rings. The van der Waals surface area contributed by atoms with Crippen LogP contribution < -0.4 is 10.6 Å². The van der Waals surface area contributed by atoms with Crippen molar-refractivity contribution in [3.63, 3.8) is 0 Å². The Morgan fingerprint density at radius 3 is 2.67 bits per heavy atom. The number of anilines is 2. The molecule has 1 fully saturated rings. The molecule has 4 nitrogen and oxygen atoms in total. The topological polar surface area (TPSA) is 55.3 Å². The van der Waals surface area contributed by atoms with E-state index in [2.05, 4.69) is 10.1 Å². The first-order chi connectivity index (χ1) is 8.75. The number of benzene rings is 1. The third-order valence-corrected chi connectivity index (χ3v) is 3.30. The largest absolute Gasteiger partial charge is 0.369 e. The summed E-state index contributed by atoms with van der Waals surface area (Å²) in [6, 6.07) is 5.12. The van der Waals surface area contributed by atoms with Crippen LogP contribution in [0.5, 0.6) is 0 Å². The molecule has 2 N–H and O–H groups in total. The second-order valence-corrected chi connectivity index (χ2v) is 4.46. The monoisotopic (exact) mass is 247 g/mol. The highest BCUT2D eigenvalue weighted by Gasteiger charge is 2.17. The summed E-state index contributed by atoms with van der Waals surface area (Å²) in [5.41, 5.74) is 7.60. The first kappa shape index (κ1) is 11.1. The molecule has 1 aromatic carbocycles. The Labute approximate surface area is 104 Å². The van der Waals surface area contributed by atoms with Crippen molar-refractivity contribution in [2.24, 2.45) is 0 Å². The molecule has 0 aliphatic carbocycles. The first-order valence-corrected chi connectivity index (χ1v) is 6.01. The molecule has 0 radical (unpaired) electrons. The average molecular weight is 247 g/mol. The molecular weight excluding hydrogens is 233 g/mol. The molecule has 0 unspecified atom stereocenters. The standard InChI is InChI=1S/C13H14FN3O/c14-11-7-9(10-8-16-18-13(10)15)3-4-12(11)17-5-1-2-6-17/h3-4,7-8H,1-2,5-6,15H2. The van der Waals surface area contributed by atoms with Crippen molar-refractivity contribution in [1.82, 2.24) is 5.16 Å². The highest BCUT2D eigenvalue weighted by atomic mass is 19.1. The van der Waals surface area contributed by atoms with Crippen molar-refractivity contribution in [3.8, 4) is 11.1 Å². The molecule has 0 spiro atoms. The maximum Gasteiger partial charge on any atom is 0.229 e. The van der Waals surface area contributed by atoms with E-state index in [4.69, 9.17) is 10.3 Å². The summed E-state index contributed by atoms with van der Waals surface area (Å²) in [5.74, 6) is -0.0154. The molecule has 0 amide bonds. The lowest BCUT2D eigenvalue weighted by Crippen LogP contribution is -2.18. The summed E-state index contributed by atoms with van der Waals surface area (Å²) in [4.78, 5) is 2.07. The smallest absolute Gasteiger partial charge is 0.229 e. The van der Waals surface area contributed by atoms with Crippen molar-refractivity contribution in [1.29, 1.82) is 0 Å². The maximum absolute atomic E-state index is 14.1. The van der Waals surface area contributed by atoms with Crippen LogP contribution in [0.4, 0.5) is 16.0 Å². The van der Waals surface area contributed by atoms with Crippen molar-refractivity contribution in [2.75, 3.05) is 23.7 Å². The number of hydrogen-bond donors (Lipinski definition) is 1. The number of nitrogen functional groups attached to an aromatic ring is 1. The fourth-order valence-corrected chi connectivity index (χ4v) is 2.35. The van der Waals surface area contributed by atoms with E-state index in [1.165, 1.54) is 12.3 Å². The maximum atomic E-state index is 14.1. The molecule has 18 heavy (non-hydrogen) atoms. The van der Waals surface area contributed by atoms with E-state index in [1.54, 1.807) is 6.07 Å². The number of rotatable bonds is 2. The van der Waals surface area contributed by atoms with Crippen LogP contribution in [0.15, 0.2) is 28.9 Å². The summed E-state index contributed by atoms with van der Waals surface area (Å²) >= 11 is 0. The number of nitrogens with zero attached hydrogens (tertiary/aromatic N) is 2. The van der Waals surface area contributed by atoms with Crippen LogP contribution >= 0.6 is 0 Å². The van der Waals surface area contributed by atoms with Gasteiger partial charge in [0.2, 0.25) is 5.88 Å². The molecule has 94 valence electrons. The van der Waals surface area contributed by atoms with E-state index in [1.807, 2.05) is 6.07 Å².